The third-order valence-corrected chi connectivity index (χ3v) is 4.93. The maximum Gasteiger partial charge on any atom is 0.426 e. The summed E-state index contributed by atoms with van der Waals surface area (Å²) in [6, 6.07) is 0. The number of hydrogen-bond donors (Lipinski definition) is 0. The lowest BCUT2D eigenvalue weighted by Gasteiger charge is -2.05. The van der Waals surface area contributed by atoms with Crippen molar-refractivity contribution in [1.29, 1.82) is 0 Å². The zero-order valence-corrected chi connectivity index (χ0v) is 15.0. The van der Waals surface area contributed by atoms with Crippen LogP contribution in [0.4, 0.5) is 13.2 Å². The van der Waals surface area contributed by atoms with Crippen molar-refractivity contribution < 1.29 is 22.7 Å². The number of hydrogen-bond acceptors (Lipinski definition) is 2. The van der Waals surface area contributed by atoms with E-state index in [0.29, 0.717) is 6.61 Å². The number of alkyl halides is 4. The SMILES string of the molecule is CC1(C)C(/C=C(/Cl)C(F)(F)F)C1C(=O)OCCCCCCBr. The van der Waals surface area contributed by atoms with Gasteiger partial charge in [-0.1, -0.05) is 60.3 Å². The van der Waals surface area contributed by atoms with Crippen LogP contribution in [-0.4, -0.2) is 24.1 Å². The van der Waals surface area contributed by atoms with Gasteiger partial charge in [-0.15, -0.1) is 0 Å². The van der Waals surface area contributed by atoms with Crippen molar-refractivity contribution in [2.75, 3.05) is 11.9 Å². The highest BCUT2D eigenvalue weighted by atomic mass is 79.9. The van der Waals surface area contributed by atoms with Crippen molar-refractivity contribution in [3.05, 3.63) is 11.1 Å². The highest BCUT2D eigenvalue weighted by Gasteiger charge is 2.62. The second-order valence-electron chi connectivity index (χ2n) is 6.11. The summed E-state index contributed by atoms with van der Waals surface area (Å²) in [5.74, 6) is -1.51. The Balaban J connectivity index is 2.43. The molecule has 0 heterocycles. The first-order chi connectivity index (χ1) is 10.1. The summed E-state index contributed by atoms with van der Waals surface area (Å²) in [6.07, 6.45) is 0.246. The third kappa shape index (κ3) is 5.44. The van der Waals surface area contributed by atoms with Crippen LogP contribution < -0.4 is 0 Å². The van der Waals surface area contributed by atoms with Gasteiger partial charge in [-0.25, -0.2) is 0 Å². The fraction of sp³-hybridized carbons (Fsp3) is 0.800. The summed E-state index contributed by atoms with van der Waals surface area (Å²) in [5.41, 5.74) is -0.543. The standard InChI is InChI=1S/C15H21BrClF3O2/c1-14(2)10(9-11(17)15(18,19)20)12(14)13(21)22-8-6-4-3-5-7-16/h9-10,12H,3-8H2,1-2H3/b11-9+. The minimum atomic E-state index is -4.57. The summed E-state index contributed by atoms with van der Waals surface area (Å²) in [5, 5.41) is -0.215. The molecular weight excluding hydrogens is 385 g/mol. The van der Waals surface area contributed by atoms with Crippen molar-refractivity contribution in [2.24, 2.45) is 17.3 Å². The van der Waals surface area contributed by atoms with Crippen LogP contribution in [0.3, 0.4) is 0 Å². The lowest BCUT2D eigenvalue weighted by molar-refractivity contribution is -0.146. The Labute approximate surface area is 142 Å². The maximum atomic E-state index is 12.4. The lowest BCUT2D eigenvalue weighted by Crippen LogP contribution is -2.12. The van der Waals surface area contributed by atoms with Crippen LogP contribution in [0.1, 0.15) is 39.5 Å². The number of carbonyl (C=O) groups is 1. The molecule has 1 aliphatic rings. The van der Waals surface area contributed by atoms with Crippen LogP contribution in [0.2, 0.25) is 0 Å². The van der Waals surface area contributed by atoms with E-state index in [1.54, 1.807) is 13.8 Å². The Morgan fingerprint density at radius 1 is 1.27 bits per heavy atom. The van der Waals surface area contributed by atoms with Gasteiger partial charge in [0.2, 0.25) is 0 Å². The van der Waals surface area contributed by atoms with Crippen molar-refractivity contribution in [2.45, 2.75) is 45.7 Å². The molecule has 0 spiro atoms. The second-order valence-corrected chi connectivity index (χ2v) is 7.31. The molecule has 0 radical (unpaired) electrons. The quantitative estimate of drug-likeness (QED) is 0.305. The van der Waals surface area contributed by atoms with Gasteiger partial charge in [0.1, 0.15) is 5.03 Å². The number of esters is 1. The van der Waals surface area contributed by atoms with E-state index in [1.807, 2.05) is 0 Å². The molecule has 1 rings (SSSR count). The molecule has 0 N–H and O–H groups in total. The third-order valence-electron chi connectivity index (χ3n) is 4.03. The largest absolute Gasteiger partial charge is 0.465 e. The molecule has 1 aliphatic carbocycles. The monoisotopic (exact) mass is 404 g/mol. The van der Waals surface area contributed by atoms with Crippen LogP contribution in [0.15, 0.2) is 11.1 Å². The van der Waals surface area contributed by atoms with E-state index in [2.05, 4.69) is 15.9 Å². The summed E-state index contributed by atoms with van der Waals surface area (Å²) in [4.78, 5) is 12.0. The molecule has 128 valence electrons. The predicted molar refractivity (Wildman–Crippen MR) is 84.0 cm³/mol. The number of carbonyl (C=O) groups excluding carboxylic acids is 1. The molecule has 0 bridgehead atoms. The molecule has 1 fully saturated rings. The van der Waals surface area contributed by atoms with Crippen molar-refractivity contribution >= 4 is 33.5 Å². The van der Waals surface area contributed by atoms with Gasteiger partial charge in [-0.2, -0.15) is 13.2 Å². The van der Waals surface area contributed by atoms with Gasteiger partial charge in [0.25, 0.3) is 0 Å². The molecule has 0 saturated heterocycles. The lowest BCUT2D eigenvalue weighted by atomic mass is 10.1. The van der Waals surface area contributed by atoms with E-state index in [-0.39, 0.29) is 0 Å². The summed E-state index contributed by atoms with van der Waals surface area (Å²) < 4.78 is 42.5. The first-order valence-corrected chi connectivity index (χ1v) is 8.79. The Hall–Kier alpha value is -0.230. The minimum absolute atomic E-state index is 0.317. The van der Waals surface area contributed by atoms with E-state index < -0.39 is 34.4 Å². The Morgan fingerprint density at radius 3 is 2.41 bits per heavy atom. The van der Waals surface area contributed by atoms with E-state index >= 15 is 0 Å². The summed E-state index contributed by atoms with van der Waals surface area (Å²) in [6.45, 7) is 3.81. The zero-order valence-electron chi connectivity index (χ0n) is 12.7. The van der Waals surface area contributed by atoms with Gasteiger partial charge in [-0.3, -0.25) is 4.79 Å². The molecule has 2 nitrogen and oxygen atoms in total. The molecule has 0 aromatic carbocycles. The van der Waals surface area contributed by atoms with Crippen LogP contribution in [0.25, 0.3) is 0 Å². The summed E-state index contributed by atoms with van der Waals surface area (Å²) >= 11 is 8.58. The van der Waals surface area contributed by atoms with Gasteiger partial charge in [0.15, 0.2) is 0 Å². The fourth-order valence-corrected chi connectivity index (χ4v) is 3.04. The number of ether oxygens (including phenoxy) is 1. The van der Waals surface area contributed by atoms with Crippen molar-refractivity contribution in [1.82, 2.24) is 0 Å². The minimum Gasteiger partial charge on any atom is -0.465 e. The molecule has 0 aromatic heterocycles. The van der Waals surface area contributed by atoms with Gasteiger partial charge in [0.05, 0.1) is 12.5 Å². The van der Waals surface area contributed by atoms with Crippen molar-refractivity contribution in [3.8, 4) is 0 Å². The normalized spacial score (nSPS) is 24.2. The van der Waals surface area contributed by atoms with Crippen LogP contribution >= 0.6 is 27.5 Å². The predicted octanol–water partition coefficient (Wildman–Crippen LogP) is 5.44. The molecule has 2 unspecified atom stereocenters. The molecule has 0 aromatic rings. The average molecular weight is 406 g/mol. The van der Waals surface area contributed by atoms with E-state index in [1.165, 1.54) is 0 Å². The van der Waals surface area contributed by atoms with Gasteiger partial charge in [0, 0.05) is 5.33 Å². The number of unbranched alkanes of at least 4 members (excludes halogenated alkanes) is 3. The topological polar surface area (TPSA) is 26.3 Å². The average Bonchev–Trinajstić information content (AvgIpc) is 2.93. The first-order valence-electron chi connectivity index (χ1n) is 7.29. The smallest absolute Gasteiger partial charge is 0.426 e. The molecule has 0 amide bonds. The number of allylic oxidation sites excluding steroid dienone is 2. The van der Waals surface area contributed by atoms with Crippen LogP contribution in [-0.2, 0) is 9.53 Å². The Morgan fingerprint density at radius 2 is 1.86 bits per heavy atom. The van der Waals surface area contributed by atoms with E-state index in [9.17, 15) is 18.0 Å². The maximum absolute atomic E-state index is 12.4. The van der Waals surface area contributed by atoms with Gasteiger partial charge >= 0.3 is 12.1 Å². The zero-order chi connectivity index (χ0) is 17.0. The molecule has 7 heteroatoms. The summed E-state index contributed by atoms with van der Waals surface area (Å²) in [7, 11) is 0. The molecular formula is C15H21BrClF3O2. The van der Waals surface area contributed by atoms with Gasteiger partial charge in [-0.05, 0) is 24.2 Å². The fourth-order valence-electron chi connectivity index (χ4n) is 2.50. The van der Waals surface area contributed by atoms with Crippen LogP contribution in [0.5, 0.6) is 0 Å². The molecule has 0 aliphatic heterocycles. The highest BCUT2D eigenvalue weighted by molar-refractivity contribution is 9.09. The molecule has 2 atom stereocenters. The first kappa shape index (κ1) is 19.8. The van der Waals surface area contributed by atoms with E-state index in [0.717, 1.165) is 37.1 Å². The van der Waals surface area contributed by atoms with Crippen LogP contribution in [0, 0.1) is 17.3 Å². The van der Waals surface area contributed by atoms with Crippen molar-refractivity contribution in [3.63, 3.8) is 0 Å². The number of halogens is 5. The second kappa shape index (κ2) is 8.04. The van der Waals surface area contributed by atoms with Gasteiger partial charge < -0.3 is 4.74 Å². The van der Waals surface area contributed by atoms with E-state index in [4.69, 9.17) is 16.3 Å². The molecule has 22 heavy (non-hydrogen) atoms. The number of rotatable bonds is 8. The molecule has 1 saturated carbocycles. The Bertz CT molecular complexity index is 422. The Kier molecular flexibility index (Phi) is 7.24. The highest BCUT2D eigenvalue weighted by Crippen LogP contribution is 2.60.